The Kier molecular flexibility index (Phi) is 3.71. The van der Waals surface area contributed by atoms with Gasteiger partial charge in [0.05, 0.1) is 4.75 Å². The van der Waals surface area contributed by atoms with E-state index in [9.17, 15) is 22.8 Å². The van der Waals surface area contributed by atoms with E-state index in [1.54, 1.807) is 0 Å². The molecule has 0 aliphatic heterocycles. The summed E-state index contributed by atoms with van der Waals surface area (Å²) in [5.74, 6) is -1.49. The van der Waals surface area contributed by atoms with Crippen LogP contribution in [0, 0.1) is 0 Å². The van der Waals surface area contributed by atoms with Crippen LogP contribution in [0.3, 0.4) is 0 Å². The molecule has 19 heavy (non-hydrogen) atoms. The molecule has 0 fully saturated rings. The maximum absolute atomic E-state index is 11.6. The minimum absolute atomic E-state index is 0.262. The number of carboxylic acid groups (broad SMARTS) is 1. The topological polar surface area (TPSA) is 126 Å². The molecule has 0 saturated carbocycles. The SMILES string of the molecule is CC(C)(Cn1cc(C(=O)O)c(=O)[nH]c1=O)S(C)(=O)=O. The summed E-state index contributed by atoms with van der Waals surface area (Å²) in [7, 11) is -3.46. The number of carbonyl (C=O) groups is 1. The molecule has 0 bridgehead atoms. The highest BCUT2D eigenvalue weighted by molar-refractivity contribution is 7.92. The molecule has 1 rings (SSSR count). The summed E-state index contributed by atoms with van der Waals surface area (Å²) in [4.78, 5) is 35.4. The largest absolute Gasteiger partial charge is 0.477 e. The Bertz CT molecular complexity index is 725. The van der Waals surface area contributed by atoms with Crippen LogP contribution < -0.4 is 11.2 Å². The molecule has 0 radical (unpaired) electrons. The molecule has 0 saturated heterocycles. The lowest BCUT2D eigenvalue weighted by Gasteiger charge is -2.23. The molecule has 8 nitrogen and oxygen atoms in total. The van der Waals surface area contributed by atoms with Gasteiger partial charge in [0, 0.05) is 19.0 Å². The van der Waals surface area contributed by atoms with Gasteiger partial charge in [0.15, 0.2) is 9.84 Å². The summed E-state index contributed by atoms with van der Waals surface area (Å²) >= 11 is 0. The van der Waals surface area contributed by atoms with Crippen molar-refractivity contribution in [2.24, 2.45) is 0 Å². The van der Waals surface area contributed by atoms with Crippen LogP contribution in [-0.4, -0.2) is 40.0 Å². The molecule has 1 heterocycles. The van der Waals surface area contributed by atoms with E-state index in [1.807, 2.05) is 4.98 Å². The average molecular weight is 290 g/mol. The zero-order valence-corrected chi connectivity index (χ0v) is 11.4. The third-order valence-electron chi connectivity index (χ3n) is 2.80. The smallest absolute Gasteiger partial charge is 0.342 e. The molecule has 0 spiro atoms. The zero-order chi connectivity index (χ0) is 15.0. The van der Waals surface area contributed by atoms with Gasteiger partial charge in [-0.05, 0) is 13.8 Å². The fraction of sp³-hybridized carbons (Fsp3) is 0.500. The van der Waals surface area contributed by atoms with Crippen molar-refractivity contribution in [2.75, 3.05) is 6.26 Å². The highest BCUT2D eigenvalue weighted by Crippen LogP contribution is 2.16. The molecule has 0 amide bonds. The number of sulfone groups is 1. The number of aromatic nitrogens is 2. The second-order valence-corrected chi connectivity index (χ2v) is 7.42. The Morgan fingerprint density at radius 1 is 1.42 bits per heavy atom. The van der Waals surface area contributed by atoms with Crippen molar-refractivity contribution in [1.82, 2.24) is 9.55 Å². The number of rotatable bonds is 4. The lowest BCUT2D eigenvalue weighted by atomic mass is 10.2. The van der Waals surface area contributed by atoms with Gasteiger partial charge in [-0.2, -0.15) is 0 Å². The van der Waals surface area contributed by atoms with Crippen molar-refractivity contribution in [3.63, 3.8) is 0 Å². The number of nitrogens with one attached hydrogen (secondary N) is 1. The number of hydrogen-bond donors (Lipinski definition) is 2. The van der Waals surface area contributed by atoms with Crippen molar-refractivity contribution < 1.29 is 18.3 Å². The van der Waals surface area contributed by atoms with Crippen LogP contribution in [0.2, 0.25) is 0 Å². The summed E-state index contributed by atoms with van der Waals surface area (Å²) in [5, 5.41) is 8.79. The third-order valence-corrected chi connectivity index (χ3v) is 4.93. The first-order chi connectivity index (χ1) is 8.45. The fourth-order valence-corrected chi connectivity index (χ4v) is 1.68. The first-order valence-corrected chi connectivity index (χ1v) is 7.11. The Morgan fingerprint density at radius 3 is 2.37 bits per heavy atom. The van der Waals surface area contributed by atoms with Gasteiger partial charge in [0.25, 0.3) is 5.56 Å². The van der Waals surface area contributed by atoms with Crippen LogP contribution in [0.5, 0.6) is 0 Å². The number of aromatic amines is 1. The molecule has 0 atom stereocenters. The molecular formula is C10H14N2O6S. The van der Waals surface area contributed by atoms with Crippen LogP contribution in [-0.2, 0) is 16.4 Å². The molecule has 0 aliphatic rings. The number of hydrogen-bond acceptors (Lipinski definition) is 5. The Hall–Kier alpha value is -1.90. The van der Waals surface area contributed by atoms with E-state index in [0.717, 1.165) is 17.0 Å². The molecule has 9 heteroatoms. The Labute approximate surface area is 108 Å². The van der Waals surface area contributed by atoms with Crippen LogP contribution in [0.15, 0.2) is 15.8 Å². The van der Waals surface area contributed by atoms with Gasteiger partial charge in [-0.1, -0.05) is 0 Å². The van der Waals surface area contributed by atoms with Crippen molar-refractivity contribution in [1.29, 1.82) is 0 Å². The van der Waals surface area contributed by atoms with Crippen molar-refractivity contribution in [3.8, 4) is 0 Å². The molecule has 0 unspecified atom stereocenters. The monoisotopic (exact) mass is 290 g/mol. The molecule has 1 aromatic rings. The zero-order valence-electron chi connectivity index (χ0n) is 10.6. The van der Waals surface area contributed by atoms with Gasteiger partial charge in [-0.3, -0.25) is 14.3 Å². The Morgan fingerprint density at radius 2 is 1.95 bits per heavy atom. The molecule has 106 valence electrons. The maximum Gasteiger partial charge on any atom is 0.342 e. The minimum Gasteiger partial charge on any atom is -0.477 e. The lowest BCUT2D eigenvalue weighted by Crippen LogP contribution is -2.42. The summed E-state index contributed by atoms with van der Waals surface area (Å²) in [6.45, 7) is 2.54. The number of carboxylic acids is 1. The quantitative estimate of drug-likeness (QED) is 0.736. The van der Waals surface area contributed by atoms with Gasteiger partial charge in [0.1, 0.15) is 5.56 Å². The highest BCUT2D eigenvalue weighted by Gasteiger charge is 2.31. The predicted octanol–water partition coefficient (Wildman–Crippen LogP) is -0.942. The van der Waals surface area contributed by atoms with Gasteiger partial charge in [-0.25, -0.2) is 18.0 Å². The van der Waals surface area contributed by atoms with Gasteiger partial charge >= 0.3 is 11.7 Å². The van der Waals surface area contributed by atoms with Crippen LogP contribution in [0.4, 0.5) is 0 Å². The number of aromatic carboxylic acids is 1. The normalized spacial score (nSPS) is 12.4. The number of nitrogens with zero attached hydrogens (tertiary/aromatic N) is 1. The standard InChI is InChI=1S/C10H14N2O6S/c1-10(2,19(3,17)18)5-12-4-6(8(14)15)7(13)11-9(12)16/h4H,5H2,1-3H3,(H,14,15)(H,11,13,16). The van der Waals surface area contributed by atoms with Gasteiger partial charge in [0.2, 0.25) is 0 Å². The van der Waals surface area contributed by atoms with E-state index in [1.165, 1.54) is 13.8 Å². The third kappa shape index (κ3) is 3.11. The van der Waals surface area contributed by atoms with E-state index in [2.05, 4.69) is 0 Å². The van der Waals surface area contributed by atoms with Crippen molar-refractivity contribution in [2.45, 2.75) is 25.1 Å². The van der Waals surface area contributed by atoms with Crippen LogP contribution >= 0.6 is 0 Å². The van der Waals surface area contributed by atoms with E-state index in [0.29, 0.717) is 0 Å². The molecule has 2 N–H and O–H groups in total. The van der Waals surface area contributed by atoms with Crippen LogP contribution in [0.25, 0.3) is 0 Å². The molecular weight excluding hydrogens is 276 g/mol. The Balaban J connectivity index is 3.39. The molecule has 1 aromatic heterocycles. The molecule has 0 aromatic carbocycles. The maximum atomic E-state index is 11.6. The lowest BCUT2D eigenvalue weighted by molar-refractivity contribution is 0.0693. The number of H-pyrrole nitrogens is 1. The minimum atomic E-state index is -3.46. The second kappa shape index (κ2) is 4.65. The van der Waals surface area contributed by atoms with E-state index >= 15 is 0 Å². The van der Waals surface area contributed by atoms with Crippen molar-refractivity contribution in [3.05, 3.63) is 32.6 Å². The van der Waals surface area contributed by atoms with E-state index < -0.39 is 37.4 Å². The predicted molar refractivity (Wildman–Crippen MR) is 67.2 cm³/mol. The average Bonchev–Trinajstić information content (AvgIpc) is 2.19. The molecule has 0 aliphatic carbocycles. The second-order valence-electron chi connectivity index (χ2n) is 4.77. The first kappa shape index (κ1) is 15.2. The summed E-state index contributed by atoms with van der Waals surface area (Å²) in [6.07, 6.45) is 1.86. The van der Waals surface area contributed by atoms with Crippen molar-refractivity contribution >= 4 is 15.8 Å². The van der Waals surface area contributed by atoms with Gasteiger partial charge < -0.3 is 5.11 Å². The van der Waals surface area contributed by atoms with E-state index in [4.69, 9.17) is 5.11 Å². The summed E-state index contributed by atoms with van der Waals surface area (Å²) in [5.41, 5.74) is -2.50. The van der Waals surface area contributed by atoms with Crippen LogP contribution in [0.1, 0.15) is 24.2 Å². The summed E-state index contributed by atoms with van der Waals surface area (Å²) < 4.78 is 22.7. The summed E-state index contributed by atoms with van der Waals surface area (Å²) in [6, 6.07) is 0. The fourth-order valence-electron chi connectivity index (χ4n) is 1.31. The highest BCUT2D eigenvalue weighted by atomic mass is 32.2. The van der Waals surface area contributed by atoms with E-state index in [-0.39, 0.29) is 6.54 Å². The first-order valence-electron chi connectivity index (χ1n) is 5.22. The van der Waals surface area contributed by atoms with Gasteiger partial charge in [-0.15, -0.1) is 0 Å².